The summed E-state index contributed by atoms with van der Waals surface area (Å²) in [6.45, 7) is 7.56. The van der Waals surface area contributed by atoms with Crippen LogP contribution in [0, 0.1) is 11.8 Å². The molecule has 0 bridgehead atoms. The maximum absolute atomic E-state index is 5.80. The van der Waals surface area contributed by atoms with Crippen LogP contribution < -0.4 is 10.6 Å². The number of hydrogen-bond donors (Lipinski definition) is 1. The van der Waals surface area contributed by atoms with Gasteiger partial charge >= 0.3 is 0 Å². The molecule has 108 valence electrons. The fraction of sp³-hybridized carbons (Fsp3) is 0.562. The summed E-state index contributed by atoms with van der Waals surface area (Å²) in [7, 11) is 0. The van der Waals surface area contributed by atoms with Gasteiger partial charge in [0.25, 0.3) is 0 Å². The van der Waals surface area contributed by atoms with Crippen molar-refractivity contribution in [3.8, 4) is 0 Å². The third-order valence-electron chi connectivity index (χ3n) is 4.62. The third kappa shape index (κ3) is 2.29. The molecule has 3 heterocycles. The number of aromatic nitrogens is 2. The van der Waals surface area contributed by atoms with Gasteiger partial charge in [-0.1, -0.05) is 19.9 Å². The minimum atomic E-state index is 0.662. The van der Waals surface area contributed by atoms with E-state index in [1.807, 2.05) is 6.07 Å². The van der Waals surface area contributed by atoms with Crippen LogP contribution in [0.1, 0.15) is 26.0 Å². The highest BCUT2D eigenvalue weighted by Gasteiger charge is 2.26. The molecule has 1 saturated heterocycles. The fourth-order valence-electron chi connectivity index (χ4n) is 3.11. The molecule has 0 aliphatic carbocycles. The molecule has 4 nitrogen and oxygen atoms in total. The summed E-state index contributed by atoms with van der Waals surface area (Å²) >= 11 is 0. The average molecular weight is 272 g/mol. The molecule has 1 aliphatic rings. The van der Waals surface area contributed by atoms with Crippen LogP contribution in [-0.4, -0.2) is 29.0 Å². The Kier molecular flexibility index (Phi) is 3.66. The van der Waals surface area contributed by atoms with E-state index >= 15 is 0 Å². The zero-order valence-corrected chi connectivity index (χ0v) is 12.4. The number of nitrogens with two attached hydrogens (primary N) is 1. The fourth-order valence-corrected chi connectivity index (χ4v) is 3.11. The number of fused-ring (bicyclic) bond motifs is 1. The Morgan fingerprint density at radius 1 is 1.30 bits per heavy atom. The molecule has 1 aliphatic heterocycles. The third-order valence-corrected chi connectivity index (χ3v) is 4.62. The van der Waals surface area contributed by atoms with E-state index in [1.165, 1.54) is 12.1 Å². The van der Waals surface area contributed by atoms with E-state index in [0.29, 0.717) is 6.54 Å². The van der Waals surface area contributed by atoms with Crippen LogP contribution in [0.3, 0.4) is 0 Å². The maximum Gasteiger partial charge on any atom is 0.151 e. The van der Waals surface area contributed by atoms with Gasteiger partial charge in [0.15, 0.2) is 5.82 Å². The van der Waals surface area contributed by atoms with Gasteiger partial charge in [0.05, 0.1) is 5.69 Å². The number of hydrogen-bond acceptors (Lipinski definition) is 3. The molecule has 2 unspecified atom stereocenters. The molecule has 3 rings (SSSR count). The quantitative estimate of drug-likeness (QED) is 0.932. The first kappa shape index (κ1) is 13.4. The van der Waals surface area contributed by atoms with Crippen LogP contribution in [0.25, 0.3) is 5.65 Å². The predicted molar refractivity (Wildman–Crippen MR) is 83.1 cm³/mol. The Balaban J connectivity index is 1.99. The number of nitrogens with zero attached hydrogens (tertiary/aromatic N) is 3. The van der Waals surface area contributed by atoms with Crippen molar-refractivity contribution in [3.05, 3.63) is 30.1 Å². The van der Waals surface area contributed by atoms with E-state index in [2.05, 4.69) is 41.5 Å². The summed E-state index contributed by atoms with van der Waals surface area (Å²) in [6, 6.07) is 6.16. The van der Waals surface area contributed by atoms with Crippen LogP contribution in [0.5, 0.6) is 0 Å². The number of piperidine rings is 1. The van der Waals surface area contributed by atoms with Crippen molar-refractivity contribution >= 4 is 11.5 Å². The number of anilines is 1. The lowest BCUT2D eigenvalue weighted by atomic mass is 9.88. The largest absolute Gasteiger partial charge is 0.355 e. The lowest BCUT2D eigenvalue weighted by Crippen LogP contribution is -2.39. The van der Waals surface area contributed by atoms with E-state index in [4.69, 9.17) is 10.7 Å². The van der Waals surface area contributed by atoms with Crippen LogP contribution >= 0.6 is 0 Å². The highest BCUT2D eigenvalue weighted by atomic mass is 15.2. The van der Waals surface area contributed by atoms with E-state index in [1.54, 1.807) is 0 Å². The van der Waals surface area contributed by atoms with E-state index in [0.717, 1.165) is 42.8 Å². The molecule has 2 aromatic rings. The van der Waals surface area contributed by atoms with Crippen molar-refractivity contribution in [2.24, 2.45) is 17.6 Å². The Bertz CT molecular complexity index is 589. The van der Waals surface area contributed by atoms with Crippen molar-refractivity contribution < 1.29 is 0 Å². The van der Waals surface area contributed by atoms with Gasteiger partial charge in [-0.2, -0.15) is 0 Å². The standard InChI is InChI=1S/C16H24N4/c1-12-7-10-19(11-13(12)2)16-14(6-8-17)20-9-4-3-5-15(20)18-16/h3-5,9,12-13H,6-8,10-11,17H2,1-2H3. The highest BCUT2D eigenvalue weighted by molar-refractivity contribution is 5.56. The molecular weight excluding hydrogens is 248 g/mol. The zero-order chi connectivity index (χ0) is 14.1. The summed E-state index contributed by atoms with van der Waals surface area (Å²) in [6.07, 6.45) is 4.21. The molecule has 4 heteroatoms. The first-order chi connectivity index (χ1) is 9.70. The van der Waals surface area contributed by atoms with E-state index in [-0.39, 0.29) is 0 Å². The molecule has 2 aromatic heterocycles. The molecule has 2 N–H and O–H groups in total. The Morgan fingerprint density at radius 2 is 2.15 bits per heavy atom. The first-order valence-corrected chi connectivity index (χ1v) is 7.61. The van der Waals surface area contributed by atoms with Gasteiger partial charge in [-0.15, -0.1) is 0 Å². The number of pyridine rings is 1. The topological polar surface area (TPSA) is 46.6 Å². The Morgan fingerprint density at radius 3 is 2.90 bits per heavy atom. The van der Waals surface area contributed by atoms with E-state index in [9.17, 15) is 0 Å². The van der Waals surface area contributed by atoms with Gasteiger partial charge in [-0.05, 0) is 36.9 Å². The number of rotatable bonds is 3. The SMILES string of the molecule is CC1CCN(c2nc3ccccn3c2CCN)CC1C. The molecule has 0 radical (unpaired) electrons. The van der Waals surface area contributed by atoms with Crippen molar-refractivity contribution in [2.75, 3.05) is 24.5 Å². The van der Waals surface area contributed by atoms with Crippen LogP contribution in [-0.2, 0) is 6.42 Å². The molecule has 0 saturated carbocycles. The first-order valence-electron chi connectivity index (χ1n) is 7.61. The van der Waals surface area contributed by atoms with Gasteiger partial charge in [0.1, 0.15) is 5.65 Å². The predicted octanol–water partition coefficient (Wildman–Crippen LogP) is 2.32. The summed E-state index contributed by atoms with van der Waals surface area (Å²) < 4.78 is 2.19. The van der Waals surface area contributed by atoms with Gasteiger partial charge in [0, 0.05) is 25.7 Å². The summed E-state index contributed by atoms with van der Waals surface area (Å²) in [4.78, 5) is 7.29. The van der Waals surface area contributed by atoms with Crippen molar-refractivity contribution in [1.29, 1.82) is 0 Å². The second-order valence-corrected chi connectivity index (χ2v) is 6.04. The van der Waals surface area contributed by atoms with Crippen LogP contribution in [0.4, 0.5) is 5.82 Å². The molecular formula is C16H24N4. The normalized spacial score (nSPS) is 23.4. The van der Waals surface area contributed by atoms with Gasteiger partial charge in [-0.25, -0.2) is 4.98 Å². The lowest BCUT2D eigenvalue weighted by Gasteiger charge is -2.36. The van der Waals surface area contributed by atoms with Crippen molar-refractivity contribution in [2.45, 2.75) is 26.7 Å². The highest BCUT2D eigenvalue weighted by Crippen LogP contribution is 2.29. The van der Waals surface area contributed by atoms with Crippen molar-refractivity contribution in [3.63, 3.8) is 0 Å². The zero-order valence-electron chi connectivity index (χ0n) is 12.4. The molecule has 1 fully saturated rings. The van der Waals surface area contributed by atoms with Gasteiger partial charge in [0.2, 0.25) is 0 Å². The van der Waals surface area contributed by atoms with Crippen LogP contribution in [0.15, 0.2) is 24.4 Å². The monoisotopic (exact) mass is 272 g/mol. The second kappa shape index (κ2) is 5.44. The minimum absolute atomic E-state index is 0.662. The maximum atomic E-state index is 5.80. The summed E-state index contributed by atoms with van der Waals surface area (Å²) in [5.41, 5.74) is 8.08. The Labute approximate surface area is 120 Å². The molecule has 0 aromatic carbocycles. The smallest absolute Gasteiger partial charge is 0.151 e. The molecule has 0 spiro atoms. The van der Waals surface area contributed by atoms with Crippen molar-refractivity contribution in [1.82, 2.24) is 9.38 Å². The van der Waals surface area contributed by atoms with Gasteiger partial charge in [-0.3, -0.25) is 0 Å². The average Bonchev–Trinajstić information content (AvgIpc) is 2.82. The van der Waals surface area contributed by atoms with Crippen LogP contribution in [0.2, 0.25) is 0 Å². The summed E-state index contributed by atoms with van der Waals surface area (Å²) in [5.74, 6) is 2.67. The second-order valence-electron chi connectivity index (χ2n) is 6.04. The molecule has 2 atom stereocenters. The lowest BCUT2D eigenvalue weighted by molar-refractivity contribution is 0.322. The van der Waals surface area contributed by atoms with Gasteiger partial charge < -0.3 is 15.0 Å². The summed E-state index contributed by atoms with van der Waals surface area (Å²) in [5, 5.41) is 0. The number of imidazole rings is 1. The molecule has 20 heavy (non-hydrogen) atoms. The molecule has 0 amide bonds. The minimum Gasteiger partial charge on any atom is -0.355 e. The Hall–Kier alpha value is -1.55. The van der Waals surface area contributed by atoms with E-state index < -0.39 is 0 Å².